The molecule has 0 saturated heterocycles. The van der Waals surface area contributed by atoms with Gasteiger partial charge in [0, 0.05) is 7.11 Å². The molecule has 4 aliphatic rings. The molecule has 0 aliphatic heterocycles. The van der Waals surface area contributed by atoms with E-state index in [0.717, 1.165) is 35.5 Å². The number of ether oxygens (including phenoxy) is 2. The monoisotopic (exact) mass is 446 g/mol. The fraction of sp³-hybridized carbons (Fsp3) is 0.933. The molecule has 2 nitrogen and oxygen atoms in total. The Labute approximate surface area is 200 Å². The summed E-state index contributed by atoms with van der Waals surface area (Å²) in [7, 11) is 1.74. The second kappa shape index (κ2) is 11.9. The first-order valence-corrected chi connectivity index (χ1v) is 14.3. The van der Waals surface area contributed by atoms with Gasteiger partial charge in [-0.2, -0.15) is 0 Å². The molecule has 2 fully saturated rings. The normalized spacial score (nSPS) is 38.6. The van der Waals surface area contributed by atoms with Crippen LogP contribution in [0.2, 0.25) is 0 Å². The minimum atomic E-state index is 0.387. The predicted octanol–water partition coefficient (Wildman–Crippen LogP) is 8.80. The summed E-state index contributed by atoms with van der Waals surface area (Å²) in [5.74, 6) is 5.49. The van der Waals surface area contributed by atoms with Crippen LogP contribution in [0, 0.1) is 40.9 Å². The molecule has 0 amide bonds. The smallest absolute Gasteiger partial charge is 0.146 e. The van der Waals surface area contributed by atoms with Gasteiger partial charge in [0.1, 0.15) is 6.79 Å². The number of rotatable bonds is 8. The molecule has 0 aromatic rings. The van der Waals surface area contributed by atoms with E-state index in [1.165, 1.54) is 77.0 Å². The van der Waals surface area contributed by atoms with Crippen molar-refractivity contribution in [2.75, 3.05) is 13.9 Å². The average Bonchev–Trinajstić information content (AvgIpc) is 3.13. The van der Waals surface area contributed by atoms with E-state index in [2.05, 4.69) is 27.7 Å². The molecule has 0 bridgehead atoms. The Morgan fingerprint density at radius 3 is 2.53 bits per heavy atom. The lowest BCUT2D eigenvalue weighted by Gasteiger charge is -2.54. The summed E-state index contributed by atoms with van der Waals surface area (Å²) >= 11 is 0. The highest BCUT2D eigenvalue weighted by atomic mass is 16.7. The quantitative estimate of drug-likeness (QED) is 0.211. The molecular weight excluding hydrogens is 392 g/mol. The van der Waals surface area contributed by atoms with Gasteiger partial charge in [-0.1, -0.05) is 72.0 Å². The van der Waals surface area contributed by atoms with Gasteiger partial charge < -0.3 is 9.47 Å². The highest BCUT2D eigenvalue weighted by Crippen LogP contribution is 2.64. The van der Waals surface area contributed by atoms with E-state index in [1.807, 2.05) is 19.4 Å². The van der Waals surface area contributed by atoms with E-state index in [-0.39, 0.29) is 0 Å². The summed E-state index contributed by atoms with van der Waals surface area (Å²) in [6, 6.07) is 0. The Morgan fingerprint density at radius 1 is 1.03 bits per heavy atom. The van der Waals surface area contributed by atoms with E-state index >= 15 is 0 Å². The minimum Gasteiger partial charge on any atom is -0.359 e. The third-order valence-electron chi connectivity index (χ3n) is 9.90. The van der Waals surface area contributed by atoms with Gasteiger partial charge in [0.2, 0.25) is 0 Å². The highest BCUT2D eigenvalue weighted by Gasteiger charge is 2.55. The van der Waals surface area contributed by atoms with Gasteiger partial charge in [-0.25, -0.2) is 0 Å². The summed E-state index contributed by atoms with van der Waals surface area (Å²) in [6.45, 7) is 14.4. The Morgan fingerprint density at radius 2 is 1.81 bits per heavy atom. The molecular formula is C30H54O2. The minimum absolute atomic E-state index is 0.387. The molecule has 4 aliphatic carbocycles. The standard InChI is InChI=1S/C28H48O2.C2H6/c1-19(2)8-6-7-9-21-10-13-27-26-16-20(3)25-17-22(30-18-29-5)11-12-23(25)24(26)14-15-28(21,27)4;1-2/h19-22,24,26-27H,6-18H2,1-5H3;1-2H3. The molecule has 0 radical (unpaired) electrons. The number of allylic oxidation sites excluding steroid dienone is 1. The maximum absolute atomic E-state index is 5.97. The summed E-state index contributed by atoms with van der Waals surface area (Å²) in [5.41, 5.74) is 4.31. The molecule has 7 atom stereocenters. The van der Waals surface area contributed by atoms with E-state index in [0.29, 0.717) is 18.3 Å². The van der Waals surface area contributed by atoms with Crippen LogP contribution in [0.1, 0.15) is 119 Å². The Hall–Kier alpha value is -0.340. The average molecular weight is 447 g/mol. The predicted molar refractivity (Wildman–Crippen MR) is 137 cm³/mol. The number of fused-ring (bicyclic) bond motifs is 4. The molecule has 7 unspecified atom stereocenters. The maximum atomic E-state index is 5.97. The van der Waals surface area contributed by atoms with Crippen molar-refractivity contribution in [3.05, 3.63) is 11.1 Å². The van der Waals surface area contributed by atoms with Crippen LogP contribution in [0.15, 0.2) is 11.1 Å². The van der Waals surface area contributed by atoms with Crippen LogP contribution < -0.4 is 0 Å². The van der Waals surface area contributed by atoms with Crippen LogP contribution in [-0.4, -0.2) is 20.0 Å². The maximum Gasteiger partial charge on any atom is 0.146 e. The van der Waals surface area contributed by atoms with Crippen LogP contribution in [0.25, 0.3) is 0 Å². The number of unbranched alkanes of at least 4 members (excludes halogenated alkanes) is 1. The van der Waals surface area contributed by atoms with Crippen molar-refractivity contribution < 1.29 is 9.47 Å². The fourth-order valence-corrected chi connectivity index (χ4v) is 8.33. The number of hydrogen-bond acceptors (Lipinski definition) is 2. The van der Waals surface area contributed by atoms with Crippen LogP contribution in [0.5, 0.6) is 0 Å². The Balaban J connectivity index is 0.00000141. The van der Waals surface area contributed by atoms with Crippen molar-refractivity contribution in [3.63, 3.8) is 0 Å². The lowest BCUT2D eigenvalue weighted by Crippen LogP contribution is -2.45. The molecule has 186 valence electrons. The van der Waals surface area contributed by atoms with Crippen LogP contribution >= 0.6 is 0 Å². The van der Waals surface area contributed by atoms with Crippen molar-refractivity contribution in [3.8, 4) is 0 Å². The molecule has 2 saturated carbocycles. The zero-order valence-electron chi connectivity index (χ0n) is 22.6. The summed E-state index contributed by atoms with van der Waals surface area (Å²) in [5, 5.41) is 0. The molecule has 4 rings (SSSR count). The third-order valence-corrected chi connectivity index (χ3v) is 9.90. The fourth-order valence-electron chi connectivity index (χ4n) is 8.33. The topological polar surface area (TPSA) is 18.5 Å². The first kappa shape index (κ1) is 26.3. The summed E-state index contributed by atoms with van der Waals surface area (Å²) in [4.78, 5) is 0. The third kappa shape index (κ3) is 5.48. The van der Waals surface area contributed by atoms with Gasteiger partial charge in [-0.05, 0) is 98.7 Å². The molecule has 32 heavy (non-hydrogen) atoms. The molecule has 0 spiro atoms. The first-order valence-electron chi connectivity index (χ1n) is 14.3. The van der Waals surface area contributed by atoms with Crippen LogP contribution in [0.4, 0.5) is 0 Å². The van der Waals surface area contributed by atoms with Gasteiger partial charge >= 0.3 is 0 Å². The molecule has 0 heterocycles. The molecule has 0 N–H and O–H groups in total. The summed E-state index contributed by atoms with van der Waals surface area (Å²) in [6.07, 6.45) is 17.3. The van der Waals surface area contributed by atoms with E-state index in [9.17, 15) is 0 Å². The lowest BCUT2D eigenvalue weighted by molar-refractivity contribution is -0.0783. The molecule has 0 aromatic carbocycles. The van der Waals surface area contributed by atoms with Crippen molar-refractivity contribution in [1.82, 2.24) is 0 Å². The Kier molecular flexibility index (Phi) is 9.75. The van der Waals surface area contributed by atoms with E-state index in [1.54, 1.807) is 12.7 Å². The van der Waals surface area contributed by atoms with Gasteiger partial charge in [0.05, 0.1) is 6.10 Å². The number of methoxy groups -OCH3 is 1. The van der Waals surface area contributed by atoms with Crippen molar-refractivity contribution in [2.24, 2.45) is 40.9 Å². The number of hydrogen-bond donors (Lipinski definition) is 0. The first-order chi connectivity index (χ1) is 15.4. The van der Waals surface area contributed by atoms with E-state index < -0.39 is 0 Å². The lowest BCUT2D eigenvalue weighted by atomic mass is 9.51. The van der Waals surface area contributed by atoms with Gasteiger partial charge in [-0.15, -0.1) is 0 Å². The van der Waals surface area contributed by atoms with Gasteiger partial charge in [0.15, 0.2) is 0 Å². The molecule has 2 heteroatoms. The second-order valence-corrected chi connectivity index (χ2v) is 12.0. The summed E-state index contributed by atoms with van der Waals surface area (Å²) < 4.78 is 11.1. The van der Waals surface area contributed by atoms with Crippen molar-refractivity contribution >= 4 is 0 Å². The van der Waals surface area contributed by atoms with Crippen LogP contribution in [0.3, 0.4) is 0 Å². The van der Waals surface area contributed by atoms with Crippen molar-refractivity contribution in [2.45, 2.75) is 125 Å². The van der Waals surface area contributed by atoms with Gasteiger partial charge in [-0.3, -0.25) is 0 Å². The van der Waals surface area contributed by atoms with Crippen molar-refractivity contribution in [1.29, 1.82) is 0 Å². The molecule has 0 aromatic heterocycles. The highest BCUT2D eigenvalue weighted by molar-refractivity contribution is 5.29. The zero-order valence-corrected chi connectivity index (χ0v) is 22.6. The van der Waals surface area contributed by atoms with E-state index in [4.69, 9.17) is 9.47 Å². The second-order valence-electron chi connectivity index (χ2n) is 12.0. The SMILES string of the molecule is CC.COCOC1CCC2=C(C1)C(C)CC1C2CCC2(C)C(CCCCC(C)C)CCC12. The van der Waals surface area contributed by atoms with Gasteiger partial charge in [0.25, 0.3) is 0 Å². The van der Waals surface area contributed by atoms with Crippen LogP contribution in [-0.2, 0) is 9.47 Å². The Bertz CT molecular complexity index is 608. The zero-order chi connectivity index (χ0) is 23.3. The largest absolute Gasteiger partial charge is 0.359 e.